The van der Waals surface area contributed by atoms with E-state index in [9.17, 15) is 0 Å². The predicted molar refractivity (Wildman–Crippen MR) is 95.6 cm³/mol. The van der Waals surface area contributed by atoms with Crippen molar-refractivity contribution in [1.29, 1.82) is 0 Å². The van der Waals surface area contributed by atoms with Crippen molar-refractivity contribution in [1.82, 2.24) is 9.55 Å². The van der Waals surface area contributed by atoms with Crippen LogP contribution >= 0.6 is 0 Å². The Bertz CT molecular complexity index is 414. The number of anilines is 1. The van der Waals surface area contributed by atoms with Crippen LogP contribution in [-0.2, 0) is 12.0 Å². The van der Waals surface area contributed by atoms with E-state index in [4.69, 9.17) is 4.98 Å². The number of aryl methyl sites for hydroxylation is 1. The highest BCUT2D eigenvalue weighted by molar-refractivity contribution is 5.33. The largest absolute Gasteiger partial charge is 0.356 e. The van der Waals surface area contributed by atoms with Crippen molar-refractivity contribution < 1.29 is 0 Å². The molecule has 22 heavy (non-hydrogen) atoms. The number of nitrogens with zero attached hydrogens (tertiary/aromatic N) is 2. The van der Waals surface area contributed by atoms with Gasteiger partial charge in [0.25, 0.3) is 0 Å². The molecule has 0 spiro atoms. The minimum Gasteiger partial charge on any atom is -0.356 e. The molecule has 1 atom stereocenters. The second-order valence-electron chi connectivity index (χ2n) is 7.25. The third kappa shape index (κ3) is 4.50. The lowest BCUT2D eigenvalue weighted by Gasteiger charge is -2.28. The normalized spacial score (nSPS) is 16.9. The molecule has 1 aromatic heterocycles. The van der Waals surface area contributed by atoms with Crippen LogP contribution in [0.15, 0.2) is 6.20 Å². The summed E-state index contributed by atoms with van der Waals surface area (Å²) in [6.45, 7) is 9.21. The number of fused-ring (bicyclic) bond motifs is 1. The number of nitrogens with one attached hydrogen (secondary N) is 1. The van der Waals surface area contributed by atoms with E-state index in [0.717, 1.165) is 19.0 Å². The van der Waals surface area contributed by atoms with Gasteiger partial charge in [0.05, 0.1) is 5.69 Å². The summed E-state index contributed by atoms with van der Waals surface area (Å²) in [6, 6.07) is 0. The molecule has 0 radical (unpaired) electrons. The third-order valence-corrected chi connectivity index (χ3v) is 5.17. The van der Waals surface area contributed by atoms with Crippen LogP contribution in [0.1, 0.15) is 90.7 Å². The molecular formula is C19H35N3. The van der Waals surface area contributed by atoms with Crippen molar-refractivity contribution in [3.8, 4) is 0 Å². The maximum Gasteiger partial charge on any atom is 0.203 e. The molecule has 0 fully saturated rings. The molecule has 0 amide bonds. The van der Waals surface area contributed by atoms with E-state index >= 15 is 0 Å². The zero-order valence-electron chi connectivity index (χ0n) is 15.0. The van der Waals surface area contributed by atoms with Gasteiger partial charge in [0.1, 0.15) is 0 Å². The van der Waals surface area contributed by atoms with Crippen LogP contribution in [0.4, 0.5) is 5.95 Å². The van der Waals surface area contributed by atoms with Gasteiger partial charge >= 0.3 is 0 Å². The molecule has 1 aliphatic rings. The van der Waals surface area contributed by atoms with Gasteiger partial charge in [0, 0.05) is 24.7 Å². The second kappa shape index (κ2) is 8.59. The van der Waals surface area contributed by atoms with E-state index in [2.05, 4.69) is 36.9 Å². The first-order chi connectivity index (χ1) is 10.7. The van der Waals surface area contributed by atoms with E-state index in [1.54, 1.807) is 0 Å². The molecule has 0 aliphatic carbocycles. The topological polar surface area (TPSA) is 29.9 Å². The van der Waals surface area contributed by atoms with Gasteiger partial charge in [-0.2, -0.15) is 0 Å². The maximum absolute atomic E-state index is 4.94. The molecule has 0 bridgehead atoms. The van der Waals surface area contributed by atoms with Gasteiger partial charge in [-0.1, -0.05) is 65.7 Å². The van der Waals surface area contributed by atoms with Gasteiger partial charge in [-0.3, -0.25) is 0 Å². The summed E-state index contributed by atoms with van der Waals surface area (Å²) in [7, 11) is 0. The second-order valence-corrected chi connectivity index (χ2v) is 7.25. The summed E-state index contributed by atoms with van der Waals surface area (Å²) in [4.78, 5) is 4.94. The van der Waals surface area contributed by atoms with Crippen LogP contribution < -0.4 is 5.32 Å². The van der Waals surface area contributed by atoms with Crippen molar-refractivity contribution in [2.45, 2.75) is 96.9 Å². The molecule has 1 aromatic rings. The van der Waals surface area contributed by atoms with Crippen LogP contribution in [-0.4, -0.2) is 16.1 Å². The molecule has 0 saturated carbocycles. The zero-order chi connectivity index (χ0) is 15.8. The van der Waals surface area contributed by atoms with E-state index in [1.807, 2.05) is 0 Å². The van der Waals surface area contributed by atoms with Gasteiger partial charge in [0.15, 0.2) is 0 Å². The highest BCUT2D eigenvalue weighted by atomic mass is 15.2. The molecule has 1 N–H and O–H groups in total. The molecule has 0 saturated heterocycles. The lowest BCUT2D eigenvalue weighted by atomic mass is 9.77. The summed E-state index contributed by atoms with van der Waals surface area (Å²) in [6.07, 6.45) is 15.5. The minimum absolute atomic E-state index is 0.258. The van der Waals surface area contributed by atoms with E-state index in [0.29, 0.717) is 0 Å². The highest BCUT2D eigenvalue weighted by Gasteiger charge is 2.29. The molecule has 3 heteroatoms. The van der Waals surface area contributed by atoms with E-state index in [1.165, 1.54) is 69.9 Å². The predicted octanol–water partition coefficient (Wildman–Crippen LogP) is 5.51. The van der Waals surface area contributed by atoms with Crippen molar-refractivity contribution in [3.63, 3.8) is 0 Å². The lowest BCUT2D eigenvalue weighted by Crippen LogP contribution is -2.22. The average molecular weight is 306 g/mol. The summed E-state index contributed by atoms with van der Waals surface area (Å²) in [5.41, 5.74) is 1.58. The maximum atomic E-state index is 4.94. The molecule has 1 aliphatic heterocycles. The number of hydrogen-bond acceptors (Lipinski definition) is 2. The van der Waals surface area contributed by atoms with Crippen LogP contribution in [0.2, 0.25) is 0 Å². The number of rotatable bonds is 10. The molecule has 1 unspecified atom stereocenters. The Kier molecular flexibility index (Phi) is 6.78. The molecular weight excluding hydrogens is 270 g/mol. The molecule has 0 aromatic carbocycles. The number of hydrogen-bond donors (Lipinski definition) is 1. The van der Waals surface area contributed by atoms with Crippen LogP contribution in [0.5, 0.6) is 0 Å². The Labute approximate surface area is 136 Å². The van der Waals surface area contributed by atoms with Crippen molar-refractivity contribution in [2.75, 3.05) is 11.9 Å². The Morgan fingerprint density at radius 3 is 2.55 bits per heavy atom. The Morgan fingerprint density at radius 2 is 1.82 bits per heavy atom. The fourth-order valence-corrected chi connectivity index (χ4v) is 3.53. The highest BCUT2D eigenvalue weighted by Crippen LogP contribution is 2.35. The van der Waals surface area contributed by atoms with E-state index < -0.39 is 0 Å². The number of imidazole rings is 1. The quantitative estimate of drug-likeness (QED) is 0.578. The van der Waals surface area contributed by atoms with Gasteiger partial charge in [0.2, 0.25) is 5.95 Å². The fraction of sp³-hybridized carbons (Fsp3) is 0.842. The summed E-state index contributed by atoms with van der Waals surface area (Å²) in [5.74, 6) is 1.09. The summed E-state index contributed by atoms with van der Waals surface area (Å²) >= 11 is 0. The van der Waals surface area contributed by atoms with Crippen LogP contribution in [0.25, 0.3) is 0 Å². The molecule has 2 rings (SSSR count). The van der Waals surface area contributed by atoms with Crippen molar-refractivity contribution >= 4 is 5.95 Å². The van der Waals surface area contributed by atoms with Crippen LogP contribution in [0, 0.1) is 0 Å². The first kappa shape index (κ1) is 17.4. The summed E-state index contributed by atoms with van der Waals surface area (Å²) in [5, 5.41) is 3.45. The van der Waals surface area contributed by atoms with Crippen molar-refractivity contribution in [3.05, 3.63) is 11.9 Å². The fourth-order valence-electron chi connectivity index (χ4n) is 3.53. The zero-order valence-corrected chi connectivity index (χ0v) is 15.0. The lowest BCUT2D eigenvalue weighted by molar-refractivity contribution is 0.360. The SMILES string of the molecule is CCCCCCCC(C)(CCCC)c1cn2c(n1)NCCC2. The first-order valence-corrected chi connectivity index (χ1v) is 9.51. The smallest absolute Gasteiger partial charge is 0.203 e. The molecule has 2 heterocycles. The number of unbranched alkanes of at least 4 members (excludes halogenated alkanes) is 5. The monoisotopic (exact) mass is 305 g/mol. The Balaban J connectivity index is 2.01. The molecule has 3 nitrogen and oxygen atoms in total. The standard InChI is InChI=1S/C19H35N3/c1-4-6-8-9-10-13-19(3,12-7-5-2)17-16-22-15-11-14-20-18(22)21-17/h16H,4-15H2,1-3H3,(H,20,21). The van der Waals surface area contributed by atoms with Crippen molar-refractivity contribution in [2.24, 2.45) is 0 Å². The minimum atomic E-state index is 0.258. The molecule has 126 valence electrons. The average Bonchev–Trinajstić information content (AvgIpc) is 2.97. The van der Waals surface area contributed by atoms with Gasteiger partial charge < -0.3 is 9.88 Å². The van der Waals surface area contributed by atoms with E-state index in [-0.39, 0.29) is 5.41 Å². The number of aromatic nitrogens is 2. The Hall–Kier alpha value is -0.990. The van der Waals surface area contributed by atoms with Crippen LogP contribution in [0.3, 0.4) is 0 Å². The van der Waals surface area contributed by atoms with Gasteiger partial charge in [-0.05, 0) is 19.3 Å². The van der Waals surface area contributed by atoms with Gasteiger partial charge in [-0.15, -0.1) is 0 Å². The third-order valence-electron chi connectivity index (χ3n) is 5.17. The van der Waals surface area contributed by atoms with Gasteiger partial charge in [-0.25, -0.2) is 4.98 Å². The summed E-state index contributed by atoms with van der Waals surface area (Å²) < 4.78 is 2.32. The first-order valence-electron chi connectivity index (χ1n) is 9.51. The Morgan fingerprint density at radius 1 is 1.09 bits per heavy atom.